The number of aromatic nitrogens is 3. The number of pyridine rings is 1. The molecule has 0 bridgehead atoms. The maximum absolute atomic E-state index is 6.42. The summed E-state index contributed by atoms with van der Waals surface area (Å²) in [6, 6.07) is 8.05. The molecule has 0 amide bonds. The Morgan fingerprint density at radius 1 is 1.18 bits per heavy atom. The number of H-pyrrole nitrogens is 1. The van der Waals surface area contributed by atoms with Crippen LogP contribution in [-0.2, 0) is 0 Å². The van der Waals surface area contributed by atoms with Crippen molar-refractivity contribution in [3.63, 3.8) is 0 Å². The SMILES string of the molecule is N[C@@H]1CCCC12CCN(c1cnc3c(-c4cccc(Cl)c4Cl)n[nH]c3c1)CC2. The van der Waals surface area contributed by atoms with Crippen LogP contribution in [-0.4, -0.2) is 34.3 Å². The van der Waals surface area contributed by atoms with Crippen molar-refractivity contribution in [1.29, 1.82) is 0 Å². The summed E-state index contributed by atoms with van der Waals surface area (Å²) >= 11 is 12.5. The van der Waals surface area contributed by atoms with E-state index in [1.165, 1.54) is 32.1 Å². The fourth-order valence-electron chi connectivity index (χ4n) is 4.94. The summed E-state index contributed by atoms with van der Waals surface area (Å²) in [5.74, 6) is 0. The van der Waals surface area contributed by atoms with Gasteiger partial charge < -0.3 is 10.6 Å². The summed E-state index contributed by atoms with van der Waals surface area (Å²) in [4.78, 5) is 7.12. The van der Waals surface area contributed by atoms with Crippen LogP contribution in [0, 0.1) is 5.41 Å². The molecule has 3 heterocycles. The number of nitrogens with two attached hydrogens (primary N) is 1. The summed E-state index contributed by atoms with van der Waals surface area (Å²) in [6.07, 6.45) is 8.00. The Kier molecular flexibility index (Phi) is 4.49. The number of fused-ring (bicyclic) bond motifs is 1. The van der Waals surface area contributed by atoms with E-state index < -0.39 is 0 Å². The monoisotopic (exact) mass is 415 g/mol. The lowest BCUT2D eigenvalue weighted by Crippen LogP contribution is -2.46. The van der Waals surface area contributed by atoms with Crippen molar-refractivity contribution >= 4 is 39.9 Å². The van der Waals surface area contributed by atoms with Crippen molar-refractivity contribution in [3.8, 4) is 11.3 Å². The van der Waals surface area contributed by atoms with Gasteiger partial charge in [-0.1, -0.05) is 41.8 Å². The highest BCUT2D eigenvalue weighted by Gasteiger charge is 2.42. The molecular formula is C21H23Cl2N5. The number of anilines is 1. The molecule has 1 saturated carbocycles. The van der Waals surface area contributed by atoms with E-state index in [1.54, 1.807) is 6.07 Å². The van der Waals surface area contributed by atoms with Crippen molar-refractivity contribution in [3.05, 3.63) is 40.5 Å². The average molecular weight is 416 g/mol. The van der Waals surface area contributed by atoms with Crippen molar-refractivity contribution in [2.24, 2.45) is 11.1 Å². The predicted molar refractivity (Wildman–Crippen MR) is 115 cm³/mol. The van der Waals surface area contributed by atoms with Gasteiger partial charge in [0.1, 0.15) is 11.2 Å². The third kappa shape index (κ3) is 2.88. The lowest BCUT2D eigenvalue weighted by Gasteiger charge is -2.42. The summed E-state index contributed by atoms with van der Waals surface area (Å²) < 4.78 is 0. The summed E-state index contributed by atoms with van der Waals surface area (Å²) in [5, 5.41) is 8.57. The van der Waals surface area contributed by atoms with E-state index in [1.807, 2.05) is 18.3 Å². The number of piperidine rings is 1. The number of nitrogens with zero attached hydrogens (tertiary/aromatic N) is 3. The molecule has 1 atom stereocenters. The van der Waals surface area contributed by atoms with Gasteiger partial charge in [0.25, 0.3) is 0 Å². The summed E-state index contributed by atoms with van der Waals surface area (Å²) in [7, 11) is 0. The van der Waals surface area contributed by atoms with Crippen LogP contribution in [0.3, 0.4) is 0 Å². The van der Waals surface area contributed by atoms with Crippen molar-refractivity contribution in [1.82, 2.24) is 15.2 Å². The number of benzene rings is 1. The van der Waals surface area contributed by atoms with Gasteiger partial charge in [-0.3, -0.25) is 10.1 Å². The van der Waals surface area contributed by atoms with E-state index >= 15 is 0 Å². The van der Waals surface area contributed by atoms with Crippen LogP contribution < -0.4 is 10.6 Å². The third-order valence-corrected chi connectivity index (χ3v) is 7.51. The number of halogens is 2. The first-order chi connectivity index (χ1) is 13.6. The Hall–Kier alpha value is -1.82. The topological polar surface area (TPSA) is 70.8 Å². The minimum absolute atomic E-state index is 0.360. The zero-order valence-corrected chi connectivity index (χ0v) is 17.1. The van der Waals surface area contributed by atoms with Crippen LogP contribution in [0.15, 0.2) is 30.5 Å². The van der Waals surface area contributed by atoms with Crippen LogP contribution in [0.5, 0.6) is 0 Å². The maximum Gasteiger partial charge on any atom is 0.120 e. The number of hydrogen-bond acceptors (Lipinski definition) is 4. The highest BCUT2D eigenvalue weighted by Crippen LogP contribution is 2.46. The second kappa shape index (κ2) is 6.90. The highest BCUT2D eigenvalue weighted by atomic mass is 35.5. The van der Waals surface area contributed by atoms with Gasteiger partial charge in [-0.15, -0.1) is 0 Å². The van der Waals surface area contributed by atoms with Gasteiger partial charge >= 0.3 is 0 Å². The Bertz CT molecular complexity index is 1020. The van der Waals surface area contributed by atoms with Gasteiger partial charge in [-0.05, 0) is 43.2 Å². The molecule has 0 radical (unpaired) electrons. The van der Waals surface area contributed by atoms with Gasteiger partial charge in [0.2, 0.25) is 0 Å². The minimum Gasteiger partial charge on any atom is -0.370 e. The van der Waals surface area contributed by atoms with Crippen LogP contribution in [0.2, 0.25) is 10.0 Å². The number of aromatic amines is 1. The predicted octanol–water partition coefficient (Wildman–Crippen LogP) is 5.03. The molecule has 1 saturated heterocycles. The van der Waals surface area contributed by atoms with Gasteiger partial charge in [0.05, 0.1) is 27.4 Å². The fourth-order valence-corrected chi connectivity index (χ4v) is 5.33. The first kappa shape index (κ1) is 18.2. The largest absolute Gasteiger partial charge is 0.370 e. The van der Waals surface area contributed by atoms with E-state index in [-0.39, 0.29) is 0 Å². The number of hydrogen-bond donors (Lipinski definition) is 2. The van der Waals surface area contributed by atoms with E-state index in [4.69, 9.17) is 33.9 Å². The van der Waals surface area contributed by atoms with Crippen molar-refractivity contribution in [2.75, 3.05) is 18.0 Å². The van der Waals surface area contributed by atoms with Gasteiger partial charge in [-0.25, -0.2) is 0 Å². The molecule has 2 aromatic heterocycles. The highest BCUT2D eigenvalue weighted by molar-refractivity contribution is 6.43. The Morgan fingerprint density at radius 2 is 2.00 bits per heavy atom. The zero-order valence-electron chi connectivity index (χ0n) is 15.6. The number of rotatable bonds is 2. The van der Waals surface area contributed by atoms with E-state index in [9.17, 15) is 0 Å². The van der Waals surface area contributed by atoms with Crippen molar-refractivity contribution in [2.45, 2.75) is 38.1 Å². The fraction of sp³-hybridized carbons (Fsp3) is 0.429. The molecule has 1 aromatic carbocycles. The summed E-state index contributed by atoms with van der Waals surface area (Å²) in [5.41, 5.74) is 11.1. The lowest BCUT2D eigenvalue weighted by molar-refractivity contribution is 0.198. The molecule has 2 fully saturated rings. The second-order valence-corrected chi connectivity index (χ2v) is 8.90. The molecule has 3 N–H and O–H groups in total. The Labute approximate surface area is 174 Å². The molecule has 2 aliphatic rings. The molecular weight excluding hydrogens is 393 g/mol. The lowest BCUT2D eigenvalue weighted by atomic mass is 9.74. The zero-order chi connectivity index (χ0) is 19.3. The van der Waals surface area contributed by atoms with Crippen LogP contribution >= 0.6 is 23.2 Å². The third-order valence-electron chi connectivity index (χ3n) is 6.69. The van der Waals surface area contributed by atoms with Gasteiger partial charge in [0, 0.05) is 24.7 Å². The van der Waals surface area contributed by atoms with E-state index in [0.29, 0.717) is 21.5 Å². The summed E-state index contributed by atoms with van der Waals surface area (Å²) in [6.45, 7) is 2.06. The average Bonchev–Trinajstić information content (AvgIpc) is 3.28. The smallest absolute Gasteiger partial charge is 0.120 e. The molecule has 3 aromatic rings. The normalized spacial score (nSPS) is 21.7. The molecule has 1 aliphatic carbocycles. The first-order valence-electron chi connectivity index (χ1n) is 9.86. The Balaban J connectivity index is 1.42. The minimum atomic E-state index is 0.360. The van der Waals surface area contributed by atoms with Crippen LogP contribution in [0.1, 0.15) is 32.1 Å². The molecule has 5 rings (SSSR count). The van der Waals surface area contributed by atoms with E-state index in [2.05, 4.69) is 21.2 Å². The standard InChI is InChI=1S/C21H23Cl2N5/c22-15-4-1-3-14(18(15)23)19-20-16(26-27-19)11-13(12-25-20)28-9-7-21(8-10-28)6-2-5-17(21)24/h1,3-4,11-12,17H,2,5-10,24H2,(H,26,27)/t17-/m1/s1. The molecule has 146 valence electrons. The quantitative estimate of drug-likeness (QED) is 0.615. The molecule has 1 aliphatic heterocycles. The van der Waals surface area contributed by atoms with E-state index in [0.717, 1.165) is 41.1 Å². The second-order valence-electron chi connectivity index (χ2n) is 8.11. The molecule has 28 heavy (non-hydrogen) atoms. The van der Waals surface area contributed by atoms with Crippen LogP contribution in [0.25, 0.3) is 22.3 Å². The van der Waals surface area contributed by atoms with Gasteiger partial charge in [0.15, 0.2) is 0 Å². The maximum atomic E-state index is 6.42. The van der Waals surface area contributed by atoms with Gasteiger partial charge in [-0.2, -0.15) is 5.10 Å². The molecule has 1 spiro atoms. The molecule has 5 nitrogen and oxygen atoms in total. The Morgan fingerprint density at radius 3 is 2.75 bits per heavy atom. The van der Waals surface area contributed by atoms with Crippen LogP contribution in [0.4, 0.5) is 5.69 Å². The molecule has 0 unspecified atom stereocenters. The number of nitrogens with one attached hydrogen (secondary N) is 1. The van der Waals surface area contributed by atoms with Crippen molar-refractivity contribution < 1.29 is 0 Å². The first-order valence-corrected chi connectivity index (χ1v) is 10.6. The molecule has 7 heteroatoms.